The Morgan fingerprint density at radius 2 is 2.00 bits per heavy atom. The van der Waals surface area contributed by atoms with Crippen molar-refractivity contribution in [3.05, 3.63) is 23.8 Å². The van der Waals surface area contributed by atoms with E-state index in [2.05, 4.69) is 10.0 Å². The summed E-state index contributed by atoms with van der Waals surface area (Å²) in [5.74, 6) is -0.660. The predicted octanol–water partition coefficient (Wildman–Crippen LogP) is 1.52. The standard InChI is InChI=1S/C14H18F3N3O4S/c1-25(22,23)20-10-4-2-8(14(15,16)17)6-11(10)19-13(21)12-5-3-9(7-18)24-12/h2,4,6,9,12,20H,3,5,7,18H2,1H3,(H,19,21)/t9-,12+/m1/s1. The second-order valence-electron chi connectivity index (χ2n) is 5.68. The summed E-state index contributed by atoms with van der Waals surface area (Å²) in [5.41, 5.74) is 3.96. The summed E-state index contributed by atoms with van der Waals surface area (Å²) in [6.07, 6.45) is -3.99. The second kappa shape index (κ2) is 7.18. The van der Waals surface area contributed by atoms with Crippen LogP contribution in [0.4, 0.5) is 24.5 Å². The Kier molecular flexibility index (Phi) is 5.59. The zero-order valence-corrected chi connectivity index (χ0v) is 14.1. The molecule has 4 N–H and O–H groups in total. The van der Waals surface area contributed by atoms with Crippen LogP contribution in [0.1, 0.15) is 18.4 Å². The van der Waals surface area contributed by atoms with E-state index < -0.39 is 33.8 Å². The average molecular weight is 381 g/mol. The SMILES string of the molecule is CS(=O)(=O)Nc1ccc(C(F)(F)F)cc1NC(=O)[C@@H]1CC[C@H](CN)O1. The number of rotatable bonds is 5. The first-order valence-corrected chi connectivity index (χ1v) is 9.24. The average Bonchev–Trinajstić information content (AvgIpc) is 2.95. The van der Waals surface area contributed by atoms with E-state index in [4.69, 9.17) is 10.5 Å². The lowest BCUT2D eigenvalue weighted by molar-refractivity contribution is -0.137. The lowest BCUT2D eigenvalue weighted by atomic mass is 10.1. The Morgan fingerprint density at radius 3 is 2.52 bits per heavy atom. The van der Waals surface area contributed by atoms with Crippen LogP contribution in [0.3, 0.4) is 0 Å². The molecule has 25 heavy (non-hydrogen) atoms. The molecule has 1 heterocycles. The molecule has 1 aromatic carbocycles. The highest BCUT2D eigenvalue weighted by atomic mass is 32.2. The molecule has 1 amide bonds. The van der Waals surface area contributed by atoms with Crippen LogP contribution in [0.25, 0.3) is 0 Å². The quantitative estimate of drug-likeness (QED) is 0.716. The van der Waals surface area contributed by atoms with E-state index >= 15 is 0 Å². The molecule has 1 aliphatic rings. The van der Waals surface area contributed by atoms with Gasteiger partial charge in [0.1, 0.15) is 6.10 Å². The molecular formula is C14H18F3N3O4S. The van der Waals surface area contributed by atoms with Gasteiger partial charge in [-0.05, 0) is 31.0 Å². The highest BCUT2D eigenvalue weighted by Crippen LogP contribution is 2.34. The number of benzene rings is 1. The van der Waals surface area contributed by atoms with Gasteiger partial charge in [-0.15, -0.1) is 0 Å². The fraction of sp³-hybridized carbons (Fsp3) is 0.500. The van der Waals surface area contributed by atoms with E-state index in [0.29, 0.717) is 18.9 Å². The van der Waals surface area contributed by atoms with Crippen molar-refractivity contribution in [2.75, 3.05) is 22.8 Å². The molecule has 2 atom stereocenters. The van der Waals surface area contributed by atoms with E-state index in [0.717, 1.165) is 18.4 Å². The minimum absolute atomic E-state index is 0.169. The third kappa shape index (κ3) is 5.31. The topological polar surface area (TPSA) is 111 Å². The third-order valence-electron chi connectivity index (χ3n) is 3.56. The highest BCUT2D eigenvalue weighted by Gasteiger charge is 2.33. The molecule has 0 aromatic heterocycles. The molecule has 0 unspecified atom stereocenters. The van der Waals surface area contributed by atoms with Crippen molar-refractivity contribution in [2.24, 2.45) is 5.73 Å². The molecule has 7 nitrogen and oxygen atoms in total. The molecule has 1 aliphatic heterocycles. The number of amides is 1. The zero-order chi connectivity index (χ0) is 18.8. The monoisotopic (exact) mass is 381 g/mol. The van der Waals surface area contributed by atoms with Crippen molar-refractivity contribution < 1.29 is 31.1 Å². The molecule has 1 saturated heterocycles. The van der Waals surface area contributed by atoms with Crippen LogP contribution in [-0.2, 0) is 25.7 Å². The number of nitrogens with one attached hydrogen (secondary N) is 2. The first kappa shape index (κ1) is 19.5. The minimum Gasteiger partial charge on any atom is -0.364 e. The molecule has 0 spiro atoms. The van der Waals surface area contributed by atoms with Gasteiger partial charge in [0.25, 0.3) is 5.91 Å². The zero-order valence-electron chi connectivity index (χ0n) is 13.3. The largest absolute Gasteiger partial charge is 0.416 e. The molecule has 0 radical (unpaired) electrons. The van der Waals surface area contributed by atoms with Crippen LogP contribution >= 0.6 is 0 Å². The summed E-state index contributed by atoms with van der Waals surface area (Å²) in [6.45, 7) is 0.230. The van der Waals surface area contributed by atoms with Crippen LogP contribution < -0.4 is 15.8 Å². The fourth-order valence-electron chi connectivity index (χ4n) is 2.40. The number of alkyl halides is 3. The van der Waals surface area contributed by atoms with Gasteiger partial charge in [-0.2, -0.15) is 13.2 Å². The van der Waals surface area contributed by atoms with Gasteiger partial charge >= 0.3 is 6.18 Å². The lowest BCUT2D eigenvalue weighted by Crippen LogP contribution is -2.30. The van der Waals surface area contributed by atoms with E-state index in [-0.39, 0.29) is 24.0 Å². The van der Waals surface area contributed by atoms with E-state index in [1.165, 1.54) is 0 Å². The molecule has 2 rings (SSSR count). The van der Waals surface area contributed by atoms with Gasteiger partial charge in [-0.25, -0.2) is 8.42 Å². The Morgan fingerprint density at radius 1 is 1.32 bits per heavy atom. The first-order chi connectivity index (χ1) is 11.5. The number of carbonyl (C=O) groups is 1. The Hall–Kier alpha value is -1.85. The normalized spacial score (nSPS) is 21.2. The van der Waals surface area contributed by atoms with Crippen molar-refractivity contribution >= 4 is 27.3 Å². The molecule has 0 saturated carbocycles. The summed E-state index contributed by atoms with van der Waals surface area (Å²) < 4.78 is 68.9. The maximum atomic E-state index is 12.9. The number of carbonyl (C=O) groups excluding carboxylic acids is 1. The van der Waals surface area contributed by atoms with Crippen molar-refractivity contribution in [1.29, 1.82) is 0 Å². The smallest absolute Gasteiger partial charge is 0.364 e. The maximum absolute atomic E-state index is 12.9. The van der Waals surface area contributed by atoms with Gasteiger partial charge in [0.05, 0.1) is 29.3 Å². The number of hydrogen-bond acceptors (Lipinski definition) is 5. The summed E-state index contributed by atoms with van der Waals surface area (Å²) in [6, 6.07) is 2.33. The van der Waals surface area contributed by atoms with Crippen molar-refractivity contribution in [1.82, 2.24) is 0 Å². The fourth-order valence-corrected chi connectivity index (χ4v) is 2.98. The molecule has 1 fully saturated rings. The molecule has 11 heteroatoms. The molecular weight excluding hydrogens is 363 g/mol. The molecule has 1 aromatic rings. The summed E-state index contributed by atoms with van der Waals surface area (Å²) in [5, 5.41) is 2.30. The number of nitrogens with two attached hydrogens (primary N) is 1. The number of anilines is 2. The van der Waals surface area contributed by atoms with E-state index in [1.807, 2.05) is 0 Å². The molecule has 0 aliphatic carbocycles. The van der Waals surface area contributed by atoms with Crippen molar-refractivity contribution in [2.45, 2.75) is 31.2 Å². The van der Waals surface area contributed by atoms with E-state index in [9.17, 15) is 26.4 Å². The van der Waals surface area contributed by atoms with Crippen molar-refractivity contribution in [3.63, 3.8) is 0 Å². The van der Waals surface area contributed by atoms with Crippen LogP contribution in [0.15, 0.2) is 18.2 Å². The minimum atomic E-state index is -4.64. The predicted molar refractivity (Wildman–Crippen MR) is 85.5 cm³/mol. The van der Waals surface area contributed by atoms with Gasteiger partial charge in [0.2, 0.25) is 10.0 Å². The number of sulfonamides is 1. The summed E-state index contributed by atoms with van der Waals surface area (Å²) in [4.78, 5) is 12.2. The van der Waals surface area contributed by atoms with Crippen LogP contribution in [0, 0.1) is 0 Å². The van der Waals surface area contributed by atoms with Gasteiger partial charge in [0.15, 0.2) is 0 Å². The van der Waals surface area contributed by atoms with Gasteiger partial charge < -0.3 is 15.8 Å². The van der Waals surface area contributed by atoms with Gasteiger partial charge in [-0.3, -0.25) is 9.52 Å². The number of ether oxygens (including phenoxy) is 1. The van der Waals surface area contributed by atoms with Gasteiger partial charge in [-0.1, -0.05) is 0 Å². The molecule has 0 bridgehead atoms. The number of halogens is 3. The molecule has 140 valence electrons. The lowest BCUT2D eigenvalue weighted by Gasteiger charge is -2.17. The number of hydrogen-bond donors (Lipinski definition) is 3. The summed E-state index contributed by atoms with van der Waals surface area (Å²) in [7, 11) is -3.75. The first-order valence-electron chi connectivity index (χ1n) is 7.35. The highest BCUT2D eigenvalue weighted by molar-refractivity contribution is 7.92. The summed E-state index contributed by atoms with van der Waals surface area (Å²) >= 11 is 0. The Labute approximate surface area is 142 Å². The van der Waals surface area contributed by atoms with E-state index in [1.54, 1.807) is 0 Å². The second-order valence-corrected chi connectivity index (χ2v) is 7.43. The van der Waals surface area contributed by atoms with Gasteiger partial charge in [0, 0.05) is 6.54 Å². The van der Waals surface area contributed by atoms with Crippen molar-refractivity contribution in [3.8, 4) is 0 Å². The maximum Gasteiger partial charge on any atom is 0.416 e. The Bertz CT molecular complexity index is 752. The van der Waals surface area contributed by atoms with Crippen LogP contribution in [-0.4, -0.2) is 39.3 Å². The van der Waals surface area contributed by atoms with Crippen LogP contribution in [0.5, 0.6) is 0 Å². The third-order valence-corrected chi connectivity index (χ3v) is 4.15. The van der Waals surface area contributed by atoms with Crippen LogP contribution in [0.2, 0.25) is 0 Å². The Balaban J connectivity index is 2.27.